The summed E-state index contributed by atoms with van der Waals surface area (Å²) < 4.78 is 2.99. The molecule has 0 radical (unpaired) electrons. The van der Waals surface area contributed by atoms with E-state index in [2.05, 4.69) is 26.3 Å². The molecule has 0 unspecified atom stereocenters. The molecule has 0 bridgehead atoms. The minimum atomic E-state index is -0.0201. The van der Waals surface area contributed by atoms with Crippen molar-refractivity contribution in [2.24, 2.45) is 0 Å². The van der Waals surface area contributed by atoms with Crippen molar-refractivity contribution in [3.05, 3.63) is 51.3 Å². The van der Waals surface area contributed by atoms with Crippen molar-refractivity contribution < 1.29 is 4.79 Å². The molecular formula is C16H20BrN3O. The first-order valence-corrected chi connectivity index (χ1v) is 7.89. The zero-order valence-electron chi connectivity index (χ0n) is 12.6. The molecule has 1 aromatic heterocycles. The number of nitrogens with zero attached hydrogens (tertiary/aromatic N) is 2. The highest BCUT2D eigenvalue weighted by Gasteiger charge is 2.10. The largest absolute Gasteiger partial charge is 0.352 e. The van der Waals surface area contributed by atoms with Crippen molar-refractivity contribution in [3.8, 4) is 0 Å². The summed E-state index contributed by atoms with van der Waals surface area (Å²) in [5, 5.41) is 7.39. The topological polar surface area (TPSA) is 46.9 Å². The van der Waals surface area contributed by atoms with Crippen LogP contribution in [0.15, 0.2) is 28.7 Å². The van der Waals surface area contributed by atoms with Crippen LogP contribution in [-0.4, -0.2) is 22.2 Å². The lowest BCUT2D eigenvalue weighted by Gasteiger charge is -2.08. The Morgan fingerprint density at radius 2 is 2.14 bits per heavy atom. The SMILES string of the molecule is CCCNC(=O)c1cccc(Cn2nc(C)c(Br)c2C)c1. The highest BCUT2D eigenvalue weighted by atomic mass is 79.9. The van der Waals surface area contributed by atoms with Gasteiger partial charge in [-0.3, -0.25) is 9.48 Å². The van der Waals surface area contributed by atoms with E-state index in [1.54, 1.807) is 0 Å². The van der Waals surface area contributed by atoms with E-state index in [-0.39, 0.29) is 5.91 Å². The molecule has 4 nitrogen and oxygen atoms in total. The van der Waals surface area contributed by atoms with Gasteiger partial charge in [-0.05, 0) is 53.9 Å². The molecule has 112 valence electrons. The fraction of sp³-hybridized carbons (Fsp3) is 0.375. The minimum absolute atomic E-state index is 0.0201. The molecule has 0 aliphatic rings. The van der Waals surface area contributed by atoms with Crippen LogP contribution in [0.4, 0.5) is 0 Å². The fourth-order valence-corrected chi connectivity index (χ4v) is 2.44. The van der Waals surface area contributed by atoms with Crippen LogP contribution in [0.2, 0.25) is 0 Å². The highest BCUT2D eigenvalue weighted by molar-refractivity contribution is 9.10. The number of benzene rings is 1. The lowest BCUT2D eigenvalue weighted by molar-refractivity contribution is 0.0953. The molecule has 0 aliphatic carbocycles. The summed E-state index contributed by atoms with van der Waals surface area (Å²) in [7, 11) is 0. The summed E-state index contributed by atoms with van der Waals surface area (Å²) in [6.45, 7) is 7.40. The monoisotopic (exact) mass is 349 g/mol. The molecule has 0 aliphatic heterocycles. The van der Waals surface area contributed by atoms with E-state index in [1.807, 2.05) is 49.7 Å². The zero-order chi connectivity index (χ0) is 15.4. The Bertz CT molecular complexity index is 649. The van der Waals surface area contributed by atoms with Crippen molar-refractivity contribution in [2.45, 2.75) is 33.7 Å². The van der Waals surface area contributed by atoms with Crippen LogP contribution in [0.1, 0.15) is 40.7 Å². The van der Waals surface area contributed by atoms with Gasteiger partial charge in [0.1, 0.15) is 0 Å². The molecule has 0 saturated heterocycles. The van der Waals surface area contributed by atoms with Crippen molar-refractivity contribution in [3.63, 3.8) is 0 Å². The molecule has 2 rings (SSSR count). The van der Waals surface area contributed by atoms with Gasteiger partial charge in [0.25, 0.3) is 5.91 Å². The van der Waals surface area contributed by atoms with Crippen molar-refractivity contribution in [1.29, 1.82) is 0 Å². The Labute approximate surface area is 133 Å². The van der Waals surface area contributed by atoms with Crippen LogP contribution in [0.3, 0.4) is 0 Å². The van der Waals surface area contributed by atoms with Gasteiger partial charge >= 0.3 is 0 Å². The lowest BCUT2D eigenvalue weighted by Crippen LogP contribution is -2.24. The van der Waals surface area contributed by atoms with Gasteiger partial charge in [0.15, 0.2) is 0 Å². The summed E-state index contributed by atoms with van der Waals surface area (Å²) >= 11 is 3.53. The first-order chi connectivity index (χ1) is 10.0. The molecule has 1 heterocycles. The zero-order valence-corrected chi connectivity index (χ0v) is 14.2. The van der Waals surface area contributed by atoms with Gasteiger partial charge in [0.05, 0.1) is 22.4 Å². The van der Waals surface area contributed by atoms with Gasteiger partial charge in [-0.25, -0.2) is 0 Å². The molecule has 0 atom stereocenters. The Hall–Kier alpha value is -1.62. The number of hydrogen-bond acceptors (Lipinski definition) is 2. The third-order valence-corrected chi connectivity index (χ3v) is 4.50. The van der Waals surface area contributed by atoms with E-state index < -0.39 is 0 Å². The normalized spacial score (nSPS) is 10.7. The van der Waals surface area contributed by atoms with Crippen LogP contribution in [-0.2, 0) is 6.54 Å². The number of aryl methyl sites for hydroxylation is 1. The summed E-state index contributed by atoms with van der Waals surface area (Å²) in [5.41, 5.74) is 3.83. The average Bonchev–Trinajstić information content (AvgIpc) is 2.72. The van der Waals surface area contributed by atoms with Gasteiger partial charge < -0.3 is 5.32 Å². The van der Waals surface area contributed by atoms with Crippen LogP contribution >= 0.6 is 15.9 Å². The Morgan fingerprint density at radius 1 is 1.38 bits per heavy atom. The van der Waals surface area contributed by atoms with Crippen molar-refractivity contribution in [2.75, 3.05) is 6.54 Å². The summed E-state index contributed by atoms with van der Waals surface area (Å²) in [5.74, 6) is -0.0201. The van der Waals surface area contributed by atoms with E-state index in [4.69, 9.17) is 0 Å². The van der Waals surface area contributed by atoms with E-state index >= 15 is 0 Å². The van der Waals surface area contributed by atoms with Crippen LogP contribution < -0.4 is 5.32 Å². The summed E-state index contributed by atoms with van der Waals surface area (Å²) in [6.07, 6.45) is 0.936. The maximum absolute atomic E-state index is 12.0. The van der Waals surface area contributed by atoms with E-state index in [9.17, 15) is 4.79 Å². The smallest absolute Gasteiger partial charge is 0.251 e. The van der Waals surface area contributed by atoms with Gasteiger partial charge in [-0.1, -0.05) is 19.1 Å². The maximum atomic E-state index is 12.0. The number of nitrogens with one attached hydrogen (secondary N) is 1. The predicted octanol–water partition coefficient (Wildman–Crippen LogP) is 3.45. The third-order valence-electron chi connectivity index (χ3n) is 3.35. The van der Waals surface area contributed by atoms with E-state index in [1.165, 1.54) is 0 Å². The van der Waals surface area contributed by atoms with Gasteiger partial charge in [-0.2, -0.15) is 5.10 Å². The number of carbonyl (C=O) groups is 1. The Morgan fingerprint density at radius 3 is 2.76 bits per heavy atom. The van der Waals surface area contributed by atoms with Crippen molar-refractivity contribution in [1.82, 2.24) is 15.1 Å². The number of carbonyl (C=O) groups excluding carboxylic acids is 1. The summed E-state index contributed by atoms with van der Waals surface area (Å²) in [6, 6.07) is 7.69. The molecule has 1 aromatic carbocycles. The van der Waals surface area contributed by atoms with Crippen molar-refractivity contribution >= 4 is 21.8 Å². The number of amides is 1. The molecule has 1 N–H and O–H groups in total. The number of aromatic nitrogens is 2. The van der Waals surface area contributed by atoms with Gasteiger partial charge in [0, 0.05) is 12.1 Å². The second-order valence-corrected chi connectivity index (χ2v) is 5.89. The molecule has 2 aromatic rings. The average molecular weight is 350 g/mol. The summed E-state index contributed by atoms with van der Waals surface area (Å²) in [4.78, 5) is 12.0. The molecule has 21 heavy (non-hydrogen) atoms. The van der Waals surface area contributed by atoms with Crippen LogP contribution in [0.5, 0.6) is 0 Å². The second-order valence-electron chi connectivity index (χ2n) is 5.10. The molecule has 1 amide bonds. The van der Waals surface area contributed by atoms with Gasteiger partial charge in [-0.15, -0.1) is 0 Å². The predicted molar refractivity (Wildman–Crippen MR) is 87.6 cm³/mol. The van der Waals surface area contributed by atoms with Crippen LogP contribution in [0, 0.1) is 13.8 Å². The first-order valence-electron chi connectivity index (χ1n) is 7.09. The molecule has 5 heteroatoms. The third kappa shape index (κ3) is 3.73. The van der Waals surface area contributed by atoms with E-state index in [0.29, 0.717) is 18.7 Å². The molecule has 0 saturated carbocycles. The Kier molecular flexibility index (Phi) is 5.17. The molecular weight excluding hydrogens is 330 g/mol. The molecule has 0 spiro atoms. The quantitative estimate of drug-likeness (QED) is 0.898. The number of hydrogen-bond donors (Lipinski definition) is 1. The van der Waals surface area contributed by atoms with E-state index in [0.717, 1.165) is 27.8 Å². The molecule has 0 fully saturated rings. The number of rotatable bonds is 5. The highest BCUT2D eigenvalue weighted by Crippen LogP contribution is 2.20. The fourth-order valence-electron chi connectivity index (χ4n) is 2.15. The first kappa shape index (κ1) is 15.8. The van der Waals surface area contributed by atoms with Gasteiger partial charge in [0.2, 0.25) is 0 Å². The standard InChI is InChI=1S/C16H20BrN3O/c1-4-8-18-16(21)14-7-5-6-13(9-14)10-20-12(3)15(17)11(2)19-20/h5-7,9H,4,8,10H2,1-3H3,(H,18,21). The Balaban J connectivity index is 2.17. The van der Waals surface area contributed by atoms with Crippen LogP contribution in [0.25, 0.3) is 0 Å². The lowest BCUT2D eigenvalue weighted by atomic mass is 10.1. The minimum Gasteiger partial charge on any atom is -0.352 e. The number of halogens is 1. The maximum Gasteiger partial charge on any atom is 0.251 e. The second kappa shape index (κ2) is 6.89.